The molecule has 9 nitrogen and oxygen atoms in total. The number of aromatic carboxylic acids is 1. The number of halogens is 1. The van der Waals surface area contributed by atoms with E-state index in [0.717, 1.165) is 6.20 Å². The molecule has 0 saturated carbocycles. The number of furan rings is 1. The molecule has 0 aliphatic rings. The Bertz CT molecular complexity index is 1030. The van der Waals surface area contributed by atoms with Crippen molar-refractivity contribution in [3.63, 3.8) is 0 Å². The third kappa shape index (κ3) is 4.28. The number of rotatable bonds is 6. The molecular weight excluding hydrogens is 376 g/mol. The Kier molecular flexibility index (Phi) is 5.13. The van der Waals surface area contributed by atoms with Crippen molar-refractivity contribution < 1.29 is 19.2 Å². The molecule has 0 unspecified atom stereocenters. The highest BCUT2D eigenvalue weighted by Crippen LogP contribution is 2.26. The van der Waals surface area contributed by atoms with Crippen LogP contribution in [-0.4, -0.2) is 22.1 Å². The summed E-state index contributed by atoms with van der Waals surface area (Å²) in [5.41, 5.74) is 2.87. The molecule has 1 N–H and O–H groups in total. The number of aromatic nitrogens is 1. The predicted octanol–water partition coefficient (Wildman–Crippen LogP) is 2.71. The Balaban J connectivity index is 1.70. The van der Waals surface area contributed by atoms with E-state index in [-0.39, 0.29) is 16.3 Å². The van der Waals surface area contributed by atoms with Gasteiger partial charge < -0.3 is 14.3 Å². The van der Waals surface area contributed by atoms with Crippen LogP contribution in [0.2, 0.25) is 5.02 Å². The van der Waals surface area contributed by atoms with E-state index >= 15 is 0 Å². The van der Waals surface area contributed by atoms with Crippen molar-refractivity contribution in [2.24, 2.45) is 5.10 Å². The first-order chi connectivity index (χ1) is 12.9. The maximum atomic E-state index is 11.0. The summed E-state index contributed by atoms with van der Waals surface area (Å²) in [6.45, 7) is 0. The topological polar surface area (TPSA) is 134 Å². The van der Waals surface area contributed by atoms with Crippen molar-refractivity contribution in [2.45, 2.75) is 0 Å². The number of nitro groups is 1. The third-order valence-electron chi connectivity index (χ3n) is 3.43. The molecule has 0 atom stereocenters. The molecule has 0 radical (unpaired) electrons. The van der Waals surface area contributed by atoms with Crippen molar-refractivity contribution in [2.75, 3.05) is 5.43 Å². The number of benzene rings is 1. The number of anilines is 1. The SMILES string of the molecule is O=C([O-])c1cc(-c2ccc(/C=N\Nc3ccc([N+](=O)[O-])cn3)o2)ccc1Cl. The van der Waals surface area contributed by atoms with E-state index in [4.69, 9.17) is 16.0 Å². The highest BCUT2D eigenvalue weighted by Gasteiger charge is 2.08. The second-order valence-electron chi connectivity index (χ2n) is 5.21. The molecule has 1 aromatic carbocycles. The molecule has 10 heteroatoms. The van der Waals surface area contributed by atoms with Crippen molar-refractivity contribution in [1.82, 2.24) is 4.98 Å². The molecule has 3 rings (SSSR count). The van der Waals surface area contributed by atoms with Crippen LogP contribution in [0.25, 0.3) is 11.3 Å². The number of hydrogen-bond acceptors (Lipinski definition) is 8. The van der Waals surface area contributed by atoms with Crippen molar-refractivity contribution in [3.05, 3.63) is 75.1 Å². The smallest absolute Gasteiger partial charge is 0.287 e. The number of carbonyl (C=O) groups excluding carboxylic acids is 1. The van der Waals surface area contributed by atoms with Crippen LogP contribution in [0.3, 0.4) is 0 Å². The van der Waals surface area contributed by atoms with E-state index in [2.05, 4.69) is 15.5 Å². The quantitative estimate of drug-likeness (QED) is 0.391. The first kappa shape index (κ1) is 18.1. The summed E-state index contributed by atoms with van der Waals surface area (Å²) in [4.78, 5) is 24.9. The zero-order chi connectivity index (χ0) is 19.4. The van der Waals surface area contributed by atoms with Crippen LogP contribution >= 0.6 is 11.6 Å². The highest BCUT2D eigenvalue weighted by atomic mass is 35.5. The molecule has 136 valence electrons. The highest BCUT2D eigenvalue weighted by molar-refractivity contribution is 6.33. The Morgan fingerprint density at radius 2 is 2.07 bits per heavy atom. The maximum Gasteiger partial charge on any atom is 0.287 e. The lowest BCUT2D eigenvalue weighted by molar-refractivity contribution is -0.385. The molecule has 3 aromatic rings. The van der Waals surface area contributed by atoms with Crippen LogP contribution in [0.4, 0.5) is 11.5 Å². The van der Waals surface area contributed by atoms with Gasteiger partial charge >= 0.3 is 0 Å². The number of nitrogens with one attached hydrogen (secondary N) is 1. The number of pyridine rings is 1. The summed E-state index contributed by atoms with van der Waals surface area (Å²) in [6, 6.07) is 10.4. The standard InChI is InChI=1S/C17H11ClN4O5/c18-14-4-1-10(7-13(14)17(23)24)15-5-3-12(27-15)9-20-21-16-6-2-11(8-19-16)22(25)26/h1-9H,(H,19,21)(H,23,24)/p-1/b20-9-. The zero-order valence-electron chi connectivity index (χ0n) is 13.5. The Hall–Kier alpha value is -3.72. The fourth-order valence-corrected chi connectivity index (χ4v) is 2.33. The lowest BCUT2D eigenvalue weighted by Gasteiger charge is -2.06. The molecular formula is C17H10ClN4O5-. The molecule has 2 aromatic heterocycles. The fraction of sp³-hybridized carbons (Fsp3) is 0. The minimum absolute atomic E-state index is 0.0758. The normalized spacial score (nSPS) is 10.9. The third-order valence-corrected chi connectivity index (χ3v) is 3.76. The molecule has 0 amide bonds. The van der Waals surface area contributed by atoms with Gasteiger partial charge in [-0.15, -0.1) is 0 Å². The molecule has 2 heterocycles. The average Bonchev–Trinajstić information content (AvgIpc) is 3.11. The van der Waals surface area contributed by atoms with E-state index in [1.165, 1.54) is 30.5 Å². The average molecular weight is 386 g/mol. The number of carboxylic acids is 1. The largest absolute Gasteiger partial charge is 0.545 e. The van der Waals surface area contributed by atoms with Crippen molar-refractivity contribution >= 4 is 35.3 Å². The summed E-state index contributed by atoms with van der Waals surface area (Å²) in [5.74, 6) is -0.247. The van der Waals surface area contributed by atoms with Gasteiger partial charge in [0.05, 0.1) is 17.1 Å². The lowest BCUT2D eigenvalue weighted by atomic mass is 10.1. The number of hydrazone groups is 1. The Morgan fingerprint density at radius 1 is 1.26 bits per heavy atom. The summed E-state index contributed by atoms with van der Waals surface area (Å²) in [7, 11) is 0. The van der Waals surface area contributed by atoms with Crippen molar-refractivity contribution in [3.8, 4) is 11.3 Å². The van der Waals surface area contributed by atoms with Crippen molar-refractivity contribution in [1.29, 1.82) is 0 Å². The van der Waals surface area contributed by atoms with E-state index in [1.54, 1.807) is 18.2 Å². The molecule has 0 bridgehead atoms. The molecule has 27 heavy (non-hydrogen) atoms. The van der Waals surface area contributed by atoms with Gasteiger partial charge in [0, 0.05) is 22.2 Å². The van der Waals surface area contributed by atoms with Gasteiger partial charge in [0.15, 0.2) is 0 Å². The fourth-order valence-electron chi connectivity index (χ4n) is 2.13. The van der Waals surface area contributed by atoms with Crippen LogP contribution in [-0.2, 0) is 0 Å². The summed E-state index contributed by atoms with van der Waals surface area (Å²) in [5, 5.41) is 25.6. The second kappa shape index (κ2) is 7.67. The summed E-state index contributed by atoms with van der Waals surface area (Å²) < 4.78 is 5.58. The molecule has 0 aliphatic heterocycles. The van der Waals surface area contributed by atoms with Gasteiger partial charge in [-0.05, 0) is 36.4 Å². The number of carboxylic acid groups (broad SMARTS) is 1. The Labute approximate surface area is 157 Å². The van der Waals surface area contributed by atoms with Gasteiger partial charge in [0.2, 0.25) is 0 Å². The predicted molar refractivity (Wildman–Crippen MR) is 95.6 cm³/mol. The van der Waals surface area contributed by atoms with Crippen LogP contribution in [0.1, 0.15) is 16.1 Å². The van der Waals surface area contributed by atoms with Gasteiger partial charge in [-0.1, -0.05) is 11.6 Å². The van der Waals surface area contributed by atoms with E-state index in [9.17, 15) is 20.0 Å². The molecule has 0 spiro atoms. The molecule has 0 aliphatic carbocycles. The van der Waals surface area contributed by atoms with E-state index in [0.29, 0.717) is 22.9 Å². The molecule has 0 saturated heterocycles. The van der Waals surface area contributed by atoms with Gasteiger partial charge in [0.1, 0.15) is 23.5 Å². The Morgan fingerprint density at radius 3 is 2.74 bits per heavy atom. The maximum absolute atomic E-state index is 11.0. The second-order valence-corrected chi connectivity index (χ2v) is 5.62. The van der Waals surface area contributed by atoms with Gasteiger partial charge in [-0.25, -0.2) is 4.98 Å². The monoisotopic (exact) mass is 385 g/mol. The van der Waals surface area contributed by atoms with Crippen LogP contribution in [0.5, 0.6) is 0 Å². The van der Waals surface area contributed by atoms with Crippen LogP contribution in [0, 0.1) is 10.1 Å². The zero-order valence-corrected chi connectivity index (χ0v) is 14.2. The minimum Gasteiger partial charge on any atom is -0.545 e. The van der Waals surface area contributed by atoms with E-state index in [1.807, 2.05) is 0 Å². The minimum atomic E-state index is -1.38. The van der Waals surface area contributed by atoms with Crippen LogP contribution in [0.15, 0.2) is 58.2 Å². The van der Waals surface area contributed by atoms with Gasteiger partial charge in [0.25, 0.3) is 5.69 Å². The first-order valence-corrected chi connectivity index (χ1v) is 7.82. The van der Waals surface area contributed by atoms with Gasteiger partial charge in [-0.2, -0.15) is 5.10 Å². The number of carbonyl (C=O) groups is 1. The number of nitrogens with zero attached hydrogens (tertiary/aromatic N) is 3. The van der Waals surface area contributed by atoms with E-state index < -0.39 is 10.9 Å². The number of hydrogen-bond donors (Lipinski definition) is 1. The summed E-state index contributed by atoms with van der Waals surface area (Å²) in [6.07, 6.45) is 2.49. The van der Waals surface area contributed by atoms with Gasteiger partial charge in [-0.3, -0.25) is 15.5 Å². The molecule has 0 fully saturated rings. The summed E-state index contributed by atoms with van der Waals surface area (Å²) >= 11 is 5.81. The van der Waals surface area contributed by atoms with Crippen LogP contribution < -0.4 is 10.5 Å². The lowest BCUT2D eigenvalue weighted by Crippen LogP contribution is -2.22. The first-order valence-electron chi connectivity index (χ1n) is 7.44.